The minimum absolute atomic E-state index is 0.300. The van der Waals surface area contributed by atoms with Gasteiger partial charge in [-0.15, -0.1) is 0 Å². The van der Waals surface area contributed by atoms with E-state index in [4.69, 9.17) is 0 Å². The maximum absolute atomic E-state index is 11.7. The van der Waals surface area contributed by atoms with E-state index in [1.807, 2.05) is 0 Å². The summed E-state index contributed by atoms with van der Waals surface area (Å²) in [6.07, 6.45) is 5.06. The summed E-state index contributed by atoms with van der Waals surface area (Å²) in [6, 6.07) is 1.77. The second kappa shape index (κ2) is 6.32. The monoisotopic (exact) mass is 253 g/mol. The van der Waals surface area contributed by atoms with Gasteiger partial charge < -0.3 is 15.5 Å². The zero-order valence-corrected chi connectivity index (χ0v) is 10.6. The van der Waals surface area contributed by atoms with Crippen molar-refractivity contribution in [2.45, 2.75) is 18.9 Å². The zero-order valence-electron chi connectivity index (χ0n) is 10.6. The Balaban J connectivity index is 2.66. The van der Waals surface area contributed by atoms with Gasteiger partial charge >= 0.3 is 0 Å². The van der Waals surface area contributed by atoms with E-state index < -0.39 is 5.54 Å². The molecule has 100 valence electrons. The minimum atomic E-state index is -0.964. The number of hydrogen-bond acceptors (Lipinski definition) is 4. The number of aryl methyl sites for hydroxylation is 1. The summed E-state index contributed by atoms with van der Waals surface area (Å²) < 4.78 is 1.63. The van der Waals surface area contributed by atoms with Crippen LogP contribution in [-0.4, -0.2) is 44.7 Å². The number of nitrogens with one attached hydrogen (secondary N) is 1. The van der Waals surface area contributed by atoms with E-state index in [1.54, 1.807) is 37.0 Å². The van der Waals surface area contributed by atoms with Crippen molar-refractivity contribution < 1.29 is 15.0 Å². The fourth-order valence-corrected chi connectivity index (χ4v) is 1.45. The number of aliphatic hydroxyl groups excluding tert-OH is 2. The highest BCUT2D eigenvalue weighted by Crippen LogP contribution is 2.08. The van der Waals surface area contributed by atoms with Gasteiger partial charge in [-0.05, 0) is 18.6 Å². The number of carbonyl (C=O) groups is 1. The number of nitrogens with zero attached hydrogens (tertiary/aromatic N) is 2. The van der Waals surface area contributed by atoms with E-state index >= 15 is 0 Å². The smallest absolute Gasteiger partial charge is 0.244 e. The van der Waals surface area contributed by atoms with Gasteiger partial charge in [-0.1, -0.05) is 6.92 Å². The van der Waals surface area contributed by atoms with Crippen molar-refractivity contribution in [2.75, 3.05) is 13.2 Å². The van der Waals surface area contributed by atoms with Crippen LogP contribution in [0.5, 0.6) is 0 Å². The van der Waals surface area contributed by atoms with Crippen LogP contribution >= 0.6 is 0 Å². The third-order valence-corrected chi connectivity index (χ3v) is 2.93. The summed E-state index contributed by atoms with van der Waals surface area (Å²) >= 11 is 0. The lowest BCUT2D eigenvalue weighted by molar-refractivity contribution is -0.119. The van der Waals surface area contributed by atoms with Crippen molar-refractivity contribution in [3.05, 3.63) is 24.0 Å². The molecule has 0 saturated carbocycles. The Bertz CT molecular complexity index is 414. The highest BCUT2D eigenvalue weighted by Gasteiger charge is 2.27. The van der Waals surface area contributed by atoms with Crippen molar-refractivity contribution in [1.29, 1.82) is 0 Å². The van der Waals surface area contributed by atoms with Crippen LogP contribution in [0.3, 0.4) is 0 Å². The summed E-state index contributed by atoms with van der Waals surface area (Å²) in [5.41, 5.74) is -0.173. The first-order valence-corrected chi connectivity index (χ1v) is 5.77. The van der Waals surface area contributed by atoms with Crippen LogP contribution in [0.25, 0.3) is 6.08 Å². The zero-order chi connectivity index (χ0) is 13.6. The van der Waals surface area contributed by atoms with Crippen LogP contribution in [0.1, 0.15) is 19.0 Å². The van der Waals surface area contributed by atoms with Crippen LogP contribution in [0.2, 0.25) is 0 Å². The van der Waals surface area contributed by atoms with Gasteiger partial charge in [0.2, 0.25) is 5.91 Å². The van der Waals surface area contributed by atoms with E-state index in [9.17, 15) is 15.0 Å². The maximum atomic E-state index is 11.7. The maximum Gasteiger partial charge on any atom is 0.244 e. The largest absolute Gasteiger partial charge is 0.394 e. The van der Waals surface area contributed by atoms with Crippen molar-refractivity contribution in [1.82, 2.24) is 15.1 Å². The molecule has 1 heterocycles. The summed E-state index contributed by atoms with van der Waals surface area (Å²) in [6.45, 7) is 1.19. The number of amides is 1. The number of aromatic nitrogens is 2. The standard InChI is InChI=1S/C12H19N3O3/c1-3-12(8-16,9-17)14-11(18)5-4-10-6-7-13-15(10)2/h4-7,16-17H,3,8-9H2,1-2H3,(H,14,18)/b5-4+. The molecule has 1 amide bonds. The first kappa shape index (κ1) is 14.4. The van der Waals surface area contributed by atoms with Gasteiger partial charge in [0.1, 0.15) is 0 Å². The lowest BCUT2D eigenvalue weighted by Gasteiger charge is -2.28. The highest BCUT2D eigenvalue weighted by molar-refractivity contribution is 5.92. The lowest BCUT2D eigenvalue weighted by atomic mass is 9.98. The molecule has 1 aromatic rings. The molecule has 0 aliphatic rings. The molecular weight excluding hydrogens is 234 g/mol. The number of rotatable bonds is 6. The summed E-state index contributed by atoms with van der Waals surface area (Å²) in [7, 11) is 1.77. The second-order valence-corrected chi connectivity index (χ2v) is 4.15. The molecule has 0 spiro atoms. The molecule has 0 unspecified atom stereocenters. The van der Waals surface area contributed by atoms with Crippen molar-refractivity contribution >= 4 is 12.0 Å². The molecule has 1 aromatic heterocycles. The third kappa shape index (κ3) is 3.41. The molecule has 0 saturated heterocycles. The molecule has 0 bridgehead atoms. The van der Waals surface area contributed by atoms with Gasteiger partial charge in [0, 0.05) is 19.3 Å². The first-order valence-electron chi connectivity index (χ1n) is 5.77. The number of aliphatic hydroxyl groups is 2. The molecule has 0 fully saturated rings. The first-order chi connectivity index (χ1) is 8.56. The molecule has 0 aliphatic heterocycles. The molecular formula is C12H19N3O3. The van der Waals surface area contributed by atoms with Crippen molar-refractivity contribution in [3.8, 4) is 0 Å². The highest BCUT2D eigenvalue weighted by atomic mass is 16.3. The van der Waals surface area contributed by atoms with Crippen LogP contribution < -0.4 is 5.32 Å². The van der Waals surface area contributed by atoms with Gasteiger partial charge in [0.05, 0.1) is 24.4 Å². The average molecular weight is 253 g/mol. The van der Waals surface area contributed by atoms with E-state index in [0.29, 0.717) is 6.42 Å². The number of hydrogen-bond donors (Lipinski definition) is 3. The average Bonchev–Trinajstić information content (AvgIpc) is 2.79. The fourth-order valence-electron chi connectivity index (χ4n) is 1.45. The summed E-state index contributed by atoms with van der Waals surface area (Å²) in [5.74, 6) is -0.360. The lowest BCUT2D eigenvalue weighted by Crippen LogP contribution is -2.53. The molecule has 1 rings (SSSR count). The molecule has 6 nitrogen and oxygen atoms in total. The van der Waals surface area contributed by atoms with Crippen LogP contribution in [0.15, 0.2) is 18.3 Å². The van der Waals surface area contributed by atoms with E-state index in [1.165, 1.54) is 6.08 Å². The van der Waals surface area contributed by atoms with Gasteiger partial charge in [0.15, 0.2) is 0 Å². The Morgan fingerprint density at radius 2 is 2.22 bits per heavy atom. The minimum Gasteiger partial charge on any atom is -0.394 e. The Hall–Kier alpha value is -1.66. The molecule has 6 heteroatoms. The van der Waals surface area contributed by atoms with Crippen molar-refractivity contribution in [2.24, 2.45) is 7.05 Å². The molecule has 0 aliphatic carbocycles. The molecule has 0 aromatic carbocycles. The quantitative estimate of drug-likeness (QED) is 0.606. The molecule has 18 heavy (non-hydrogen) atoms. The topological polar surface area (TPSA) is 87.4 Å². The fraction of sp³-hybridized carbons (Fsp3) is 0.500. The summed E-state index contributed by atoms with van der Waals surface area (Å²) in [4.78, 5) is 11.7. The predicted octanol–water partition coefficient (Wildman–Crippen LogP) is -0.317. The van der Waals surface area contributed by atoms with Crippen LogP contribution in [0, 0.1) is 0 Å². The van der Waals surface area contributed by atoms with E-state index in [0.717, 1.165) is 5.69 Å². The Morgan fingerprint density at radius 1 is 1.56 bits per heavy atom. The Morgan fingerprint density at radius 3 is 2.67 bits per heavy atom. The van der Waals surface area contributed by atoms with Gasteiger partial charge in [0.25, 0.3) is 0 Å². The van der Waals surface area contributed by atoms with Gasteiger partial charge in [-0.3, -0.25) is 9.48 Å². The van der Waals surface area contributed by atoms with Crippen LogP contribution in [0.4, 0.5) is 0 Å². The molecule has 3 N–H and O–H groups in total. The Labute approximate surface area is 106 Å². The second-order valence-electron chi connectivity index (χ2n) is 4.15. The predicted molar refractivity (Wildman–Crippen MR) is 67.6 cm³/mol. The van der Waals surface area contributed by atoms with Crippen LogP contribution in [-0.2, 0) is 11.8 Å². The normalized spacial score (nSPS) is 12.0. The summed E-state index contributed by atoms with van der Waals surface area (Å²) in [5, 5.41) is 25.0. The SMILES string of the molecule is CCC(CO)(CO)NC(=O)/C=C/c1ccnn1C. The molecule has 0 radical (unpaired) electrons. The van der Waals surface area contributed by atoms with Gasteiger partial charge in [-0.25, -0.2) is 0 Å². The van der Waals surface area contributed by atoms with E-state index in [2.05, 4.69) is 10.4 Å². The Kier molecular flexibility index (Phi) is 5.06. The molecule has 0 atom stereocenters. The van der Waals surface area contributed by atoms with E-state index in [-0.39, 0.29) is 19.1 Å². The number of carbonyl (C=O) groups excluding carboxylic acids is 1. The van der Waals surface area contributed by atoms with Crippen molar-refractivity contribution in [3.63, 3.8) is 0 Å². The third-order valence-electron chi connectivity index (χ3n) is 2.93. The van der Waals surface area contributed by atoms with Gasteiger partial charge in [-0.2, -0.15) is 5.10 Å².